The molecule has 38 heavy (non-hydrogen) atoms. The molecule has 4 nitrogen and oxygen atoms in total. The Labute approximate surface area is 232 Å². The van der Waals surface area contributed by atoms with E-state index in [9.17, 15) is 5.26 Å². The van der Waals surface area contributed by atoms with Crippen molar-refractivity contribution >= 4 is 0 Å². The van der Waals surface area contributed by atoms with Crippen LogP contribution in [0.25, 0.3) is 11.4 Å². The molecule has 1 aliphatic carbocycles. The Morgan fingerprint density at radius 2 is 1.39 bits per heavy atom. The minimum Gasteiger partial charge on any atom is -0.493 e. The number of benzene rings is 1. The largest absolute Gasteiger partial charge is 0.493 e. The van der Waals surface area contributed by atoms with Crippen LogP contribution in [-0.2, 0) is 6.42 Å². The fraction of sp³-hybridized carbons (Fsp3) is 0.676. The summed E-state index contributed by atoms with van der Waals surface area (Å²) in [6, 6.07) is 10.9. The number of nitriles is 1. The van der Waals surface area contributed by atoms with Crippen molar-refractivity contribution in [2.24, 2.45) is 11.3 Å². The first-order valence-electron chi connectivity index (χ1n) is 15.6. The average Bonchev–Trinajstić information content (AvgIpc) is 2.97. The summed E-state index contributed by atoms with van der Waals surface area (Å²) in [7, 11) is 0. The van der Waals surface area contributed by atoms with Crippen LogP contribution in [0.1, 0.15) is 129 Å². The number of hydrogen-bond donors (Lipinski definition) is 0. The van der Waals surface area contributed by atoms with Gasteiger partial charge in [-0.15, -0.1) is 0 Å². The van der Waals surface area contributed by atoms with Crippen LogP contribution in [0.4, 0.5) is 0 Å². The third-order valence-electron chi connectivity index (χ3n) is 8.43. The molecule has 0 radical (unpaired) electrons. The van der Waals surface area contributed by atoms with Gasteiger partial charge in [0.25, 0.3) is 0 Å². The molecular formula is C34H51N3O. The highest BCUT2D eigenvalue weighted by atomic mass is 16.5. The first-order chi connectivity index (χ1) is 18.7. The Morgan fingerprint density at radius 3 is 2.00 bits per heavy atom. The third kappa shape index (κ3) is 10.4. The maximum absolute atomic E-state index is 9.89. The molecule has 1 saturated carbocycles. The summed E-state index contributed by atoms with van der Waals surface area (Å²) in [6.45, 7) is 5.25. The monoisotopic (exact) mass is 517 g/mol. The number of aromatic nitrogens is 2. The first kappa shape index (κ1) is 30.1. The second kappa shape index (κ2) is 17.2. The molecule has 3 rings (SSSR count). The fourth-order valence-corrected chi connectivity index (χ4v) is 5.71. The van der Waals surface area contributed by atoms with Crippen LogP contribution in [0.2, 0.25) is 0 Å². The van der Waals surface area contributed by atoms with E-state index < -0.39 is 0 Å². The van der Waals surface area contributed by atoms with Gasteiger partial charge in [0.15, 0.2) is 5.82 Å². The van der Waals surface area contributed by atoms with Gasteiger partial charge in [-0.25, -0.2) is 9.97 Å². The summed E-state index contributed by atoms with van der Waals surface area (Å²) in [4.78, 5) is 9.22. The van der Waals surface area contributed by atoms with Crippen LogP contribution < -0.4 is 4.74 Å². The summed E-state index contributed by atoms with van der Waals surface area (Å²) in [5.41, 5.74) is 2.16. The molecule has 1 fully saturated rings. The van der Waals surface area contributed by atoms with Gasteiger partial charge in [-0.05, 0) is 80.7 Å². The number of rotatable bonds is 18. The van der Waals surface area contributed by atoms with Gasteiger partial charge in [-0.2, -0.15) is 5.26 Å². The molecular weight excluding hydrogens is 466 g/mol. The summed E-state index contributed by atoms with van der Waals surface area (Å²) in [5.74, 6) is 2.22. The van der Waals surface area contributed by atoms with Crippen molar-refractivity contribution in [2.75, 3.05) is 6.61 Å². The maximum Gasteiger partial charge on any atom is 0.159 e. The second-order valence-corrected chi connectivity index (χ2v) is 11.6. The van der Waals surface area contributed by atoms with Crippen LogP contribution >= 0.6 is 0 Å². The summed E-state index contributed by atoms with van der Waals surface area (Å²) in [6.07, 6.45) is 26.0. The van der Waals surface area contributed by atoms with E-state index >= 15 is 0 Å². The standard InChI is InChI=1S/C34H51N3O/c1-3-5-7-9-11-13-15-30-25-36-33(37-26-30)31-16-18-32(19-17-31)38-27-29-20-23-34(28-35,24-21-29)22-14-12-10-8-6-4-2/h16-19,25-26,29H,3-15,20-24,27H2,1-2H3/t29-,34-. The Bertz CT molecular complexity index is 924. The number of unbranched alkanes of at least 4 members (excludes halogenated alkanes) is 10. The zero-order chi connectivity index (χ0) is 26.9. The Kier molecular flexibility index (Phi) is 13.7. The lowest BCUT2D eigenvalue weighted by molar-refractivity contribution is 0.144. The van der Waals surface area contributed by atoms with E-state index in [0.717, 1.165) is 62.3 Å². The minimum absolute atomic E-state index is 0.0902. The average molecular weight is 518 g/mol. The first-order valence-corrected chi connectivity index (χ1v) is 15.6. The summed E-state index contributed by atoms with van der Waals surface area (Å²) >= 11 is 0. The molecule has 0 unspecified atom stereocenters. The lowest BCUT2D eigenvalue weighted by Crippen LogP contribution is -2.28. The molecule has 1 heterocycles. The zero-order valence-corrected chi connectivity index (χ0v) is 24.2. The molecule has 1 aromatic heterocycles. The van der Waals surface area contributed by atoms with Gasteiger partial charge in [0, 0.05) is 18.0 Å². The van der Waals surface area contributed by atoms with Crippen molar-refractivity contribution in [1.82, 2.24) is 9.97 Å². The fourth-order valence-electron chi connectivity index (χ4n) is 5.71. The van der Waals surface area contributed by atoms with Crippen molar-refractivity contribution in [2.45, 2.75) is 129 Å². The summed E-state index contributed by atoms with van der Waals surface area (Å²) in [5, 5.41) is 9.89. The van der Waals surface area contributed by atoms with Gasteiger partial charge in [-0.1, -0.05) is 84.5 Å². The third-order valence-corrected chi connectivity index (χ3v) is 8.43. The molecule has 4 heteroatoms. The highest BCUT2D eigenvalue weighted by molar-refractivity contribution is 5.55. The molecule has 0 atom stereocenters. The topological polar surface area (TPSA) is 58.8 Å². The molecule has 0 N–H and O–H groups in total. The molecule has 0 aliphatic heterocycles. The lowest BCUT2D eigenvalue weighted by Gasteiger charge is -2.35. The van der Waals surface area contributed by atoms with Crippen LogP contribution in [0.15, 0.2) is 36.7 Å². The van der Waals surface area contributed by atoms with Gasteiger partial charge in [0.1, 0.15) is 5.75 Å². The SMILES string of the molecule is CCCCCCCCc1cnc(-c2ccc(OC[C@H]3CC[C@@](C#N)(CCCCCCCC)CC3)cc2)nc1. The van der Waals surface area contributed by atoms with Gasteiger partial charge >= 0.3 is 0 Å². The predicted molar refractivity (Wildman–Crippen MR) is 158 cm³/mol. The molecule has 208 valence electrons. The van der Waals surface area contributed by atoms with Crippen molar-refractivity contribution < 1.29 is 4.74 Å². The van der Waals surface area contributed by atoms with E-state index in [2.05, 4.69) is 42.0 Å². The Balaban J connectivity index is 1.36. The molecule has 1 aliphatic rings. The van der Waals surface area contributed by atoms with Crippen molar-refractivity contribution in [3.63, 3.8) is 0 Å². The molecule has 2 aromatic rings. The second-order valence-electron chi connectivity index (χ2n) is 11.6. The van der Waals surface area contributed by atoms with E-state index in [1.54, 1.807) is 0 Å². The Hall–Kier alpha value is -2.41. The Morgan fingerprint density at radius 1 is 0.816 bits per heavy atom. The van der Waals surface area contributed by atoms with Gasteiger partial charge in [0.05, 0.1) is 18.1 Å². The van der Waals surface area contributed by atoms with Crippen molar-refractivity contribution in [3.05, 3.63) is 42.2 Å². The van der Waals surface area contributed by atoms with Crippen LogP contribution in [-0.4, -0.2) is 16.6 Å². The predicted octanol–water partition coefficient (Wildman–Crippen LogP) is 9.88. The highest BCUT2D eigenvalue weighted by Crippen LogP contribution is 2.42. The van der Waals surface area contributed by atoms with Crippen LogP contribution in [0, 0.1) is 22.7 Å². The van der Waals surface area contributed by atoms with Crippen LogP contribution in [0.3, 0.4) is 0 Å². The number of ether oxygens (including phenoxy) is 1. The number of aryl methyl sites for hydroxylation is 1. The number of hydrogen-bond acceptors (Lipinski definition) is 4. The highest BCUT2D eigenvalue weighted by Gasteiger charge is 2.35. The maximum atomic E-state index is 9.89. The van der Waals surface area contributed by atoms with Gasteiger partial charge in [-0.3, -0.25) is 0 Å². The van der Waals surface area contributed by atoms with Crippen LogP contribution in [0.5, 0.6) is 5.75 Å². The summed E-state index contributed by atoms with van der Waals surface area (Å²) < 4.78 is 6.15. The van der Waals surface area contributed by atoms with Gasteiger partial charge in [0.2, 0.25) is 0 Å². The number of nitrogens with zero attached hydrogens (tertiary/aromatic N) is 3. The molecule has 0 spiro atoms. The van der Waals surface area contributed by atoms with Gasteiger partial charge < -0.3 is 4.74 Å². The molecule has 0 saturated heterocycles. The van der Waals surface area contributed by atoms with E-state index in [1.165, 1.54) is 82.6 Å². The van der Waals surface area contributed by atoms with E-state index in [4.69, 9.17) is 4.74 Å². The van der Waals surface area contributed by atoms with E-state index in [0.29, 0.717) is 5.92 Å². The molecule has 0 bridgehead atoms. The zero-order valence-electron chi connectivity index (χ0n) is 24.2. The lowest BCUT2D eigenvalue weighted by atomic mass is 9.69. The van der Waals surface area contributed by atoms with Crippen molar-refractivity contribution in [3.8, 4) is 23.2 Å². The van der Waals surface area contributed by atoms with Crippen molar-refractivity contribution in [1.29, 1.82) is 5.26 Å². The molecule has 1 aromatic carbocycles. The normalized spacial score (nSPS) is 19.2. The smallest absolute Gasteiger partial charge is 0.159 e. The van der Waals surface area contributed by atoms with E-state index in [1.807, 2.05) is 24.5 Å². The molecule has 0 amide bonds. The minimum atomic E-state index is -0.0902. The quantitative estimate of drug-likeness (QED) is 0.185. The van der Waals surface area contributed by atoms with E-state index in [-0.39, 0.29) is 5.41 Å².